The van der Waals surface area contributed by atoms with Gasteiger partial charge < -0.3 is 20.4 Å². The number of nitrogens with zero attached hydrogens (tertiary/aromatic N) is 2. The molecule has 2 N–H and O–H groups in total. The van der Waals surface area contributed by atoms with E-state index in [2.05, 4.69) is 119 Å². The molecule has 2 aliphatic heterocycles. The zero-order valence-corrected chi connectivity index (χ0v) is 19.6. The van der Waals surface area contributed by atoms with Gasteiger partial charge in [-0.1, -0.05) is 72.1 Å². The molecule has 4 aromatic rings. The summed E-state index contributed by atoms with van der Waals surface area (Å²) in [4.78, 5) is 7.25. The van der Waals surface area contributed by atoms with Crippen LogP contribution in [0.5, 0.6) is 0 Å². The highest BCUT2D eigenvalue weighted by Gasteiger charge is 2.29. The summed E-state index contributed by atoms with van der Waals surface area (Å²) in [5.41, 5.74) is 5.19. The van der Waals surface area contributed by atoms with E-state index in [1.54, 1.807) is 0 Å². The second kappa shape index (κ2) is 7.87. The van der Waals surface area contributed by atoms with Crippen molar-refractivity contribution in [1.82, 2.24) is 0 Å². The van der Waals surface area contributed by atoms with Gasteiger partial charge in [-0.25, -0.2) is 0 Å². The molecule has 0 saturated heterocycles. The molecule has 0 saturated carbocycles. The van der Waals surface area contributed by atoms with E-state index in [0.29, 0.717) is 0 Å². The molecule has 0 aromatic heterocycles. The van der Waals surface area contributed by atoms with Crippen LogP contribution in [0.4, 0.5) is 22.7 Å². The summed E-state index contributed by atoms with van der Waals surface area (Å²) in [7, 11) is 4.30. The van der Waals surface area contributed by atoms with Crippen molar-refractivity contribution in [3.63, 3.8) is 0 Å². The number of hydrogen-bond acceptors (Lipinski definition) is 6. The van der Waals surface area contributed by atoms with Crippen molar-refractivity contribution in [3.8, 4) is 0 Å². The molecule has 0 aliphatic carbocycles. The molecule has 0 amide bonds. The third-order valence-electron chi connectivity index (χ3n) is 6.15. The monoisotopic (exact) mass is 456 g/mol. The first-order valence-corrected chi connectivity index (χ1v) is 12.5. The van der Waals surface area contributed by atoms with Gasteiger partial charge in [-0.2, -0.15) is 0 Å². The first-order chi connectivity index (χ1) is 15.7. The van der Waals surface area contributed by atoms with E-state index in [-0.39, 0.29) is 11.0 Å². The van der Waals surface area contributed by atoms with E-state index < -0.39 is 0 Å². The molecule has 0 fully saturated rings. The fourth-order valence-corrected chi connectivity index (χ4v) is 6.79. The minimum atomic E-state index is 0.167. The largest absolute Gasteiger partial charge is 0.356 e. The molecule has 2 unspecified atom stereocenters. The van der Waals surface area contributed by atoms with Gasteiger partial charge in [0.1, 0.15) is 0 Å². The minimum Gasteiger partial charge on any atom is -0.356 e. The normalized spacial score (nSPS) is 19.2. The van der Waals surface area contributed by atoms with E-state index in [1.807, 2.05) is 23.5 Å². The Morgan fingerprint density at radius 3 is 1.41 bits per heavy atom. The van der Waals surface area contributed by atoms with Crippen molar-refractivity contribution in [2.75, 3.05) is 34.5 Å². The lowest BCUT2D eigenvalue weighted by Gasteiger charge is -2.26. The zero-order chi connectivity index (χ0) is 21.7. The molecule has 160 valence electrons. The molecule has 0 spiro atoms. The van der Waals surface area contributed by atoms with Gasteiger partial charge in [0.15, 0.2) is 11.0 Å². The Hall–Kier alpha value is -2.96. The standard InChI is InChI=1S/C26H24N4S2/c1-29-21-11-5-7-13-23(21)31-25(29)27-19-15-16-20(18-10-4-3-9-17(18)19)28-26-30(2)22-12-6-8-14-24(22)32-26/h3-16,25-28H,1-2H3. The van der Waals surface area contributed by atoms with E-state index in [1.165, 1.54) is 31.9 Å². The second-order valence-electron chi connectivity index (χ2n) is 8.09. The predicted octanol–water partition coefficient (Wildman–Crippen LogP) is 6.72. The van der Waals surface area contributed by atoms with Crippen LogP contribution >= 0.6 is 23.5 Å². The van der Waals surface area contributed by atoms with Crippen molar-refractivity contribution in [3.05, 3.63) is 84.9 Å². The quantitative estimate of drug-likeness (QED) is 0.355. The molecule has 6 heteroatoms. The maximum atomic E-state index is 3.77. The van der Waals surface area contributed by atoms with Crippen LogP contribution < -0.4 is 20.4 Å². The first-order valence-electron chi connectivity index (χ1n) is 10.7. The third kappa shape index (κ3) is 3.26. The average molecular weight is 457 g/mol. The average Bonchev–Trinajstić information content (AvgIpc) is 3.32. The summed E-state index contributed by atoms with van der Waals surface area (Å²) in [5.74, 6) is 0. The smallest absolute Gasteiger partial charge is 0.152 e. The number of fused-ring (bicyclic) bond motifs is 3. The van der Waals surface area contributed by atoms with Crippen LogP contribution in [0.15, 0.2) is 94.7 Å². The van der Waals surface area contributed by atoms with Gasteiger partial charge in [-0.05, 0) is 36.4 Å². The minimum absolute atomic E-state index is 0.167. The van der Waals surface area contributed by atoms with Gasteiger partial charge in [0.05, 0.1) is 11.4 Å². The molecule has 2 atom stereocenters. The van der Waals surface area contributed by atoms with Crippen molar-refractivity contribution in [1.29, 1.82) is 0 Å². The second-order valence-corrected chi connectivity index (χ2v) is 10.3. The van der Waals surface area contributed by atoms with Crippen LogP contribution in [0.1, 0.15) is 0 Å². The number of benzene rings is 4. The van der Waals surface area contributed by atoms with E-state index >= 15 is 0 Å². The molecule has 4 nitrogen and oxygen atoms in total. The Morgan fingerprint density at radius 1 is 0.562 bits per heavy atom. The first kappa shape index (κ1) is 19.7. The number of anilines is 4. The highest BCUT2D eigenvalue weighted by molar-refractivity contribution is 8.00. The SMILES string of the molecule is CN1c2ccccc2SC1Nc1ccc(NC2Sc3ccccc3N2C)c2ccccc12. The molecule has 2 heterocycles. The Balaban J connectivity index is 1.29. The Kier molecular flexibility index (Phi) is 4.85. The number of thioether (sulfide) groups is 2. The van der Waals surface area contributed by atoms with Gasteiger partial charge >= 0.3 is 0 Å². The Morgan fingerprint density at radius 2 is 0.969 bits per heavy atom. The molecule has 0 bridgehead atoms. The molecule has 32 heavy (non-hydrogen) atoms. The highest BCUT2D eigenvalue weighted by atomic mass is 32.2. The van der Waals surface area contributed by atoms with E-state index in [4.69, 9.17) is 0 Å². The number of para-hydroxylation sites is 2. The summed E-state index contributed by atoms with van der Waals surface area (Å²) < 4.78 is 0. The Labute approximate surface area is 197 Å². The number of hydrogen-bond donors (Lipinski definition) is 2. The van der Waals surface area contributed by atoms with Gasteiger partial charge in [-0.15, -0.1) is 0 Å². The van der Waals surface area contributed by atoms with Gasteiger partial charge in [0.2, 0.25) is 0 Å². The molecule has 2 aliphatic rings. The maximum absolute atomic E-state index is 3.77. The molecular weight excluding hydrogens is 432 g/mol. The fourth-order valence-electron chi connectivity index (χ4n) is 4.42. The summed E-state index contributed by atoms with van der Waals surface area (Å²) in [6, 6.07) is 30.2. The summed E-state index contributed by atoms with van der Waals surface area (Å²) in [6.45, 7) is 0. The number of nitrogens with one attached hydrogen (secondary N) is 2. The third-order valence-corrected chi connectivity index (χ3v) is 8.67. The summed E-state index contributed by atoms with van der Waals surface area (Å²) in [6.07, 6.45) is 0. The lowest BCUT2D eigenvalue weighted by molar-refractivity contribution is 0.934. The van der Waals surface area contributed by atoms with Crippen LogP contribution in [-0.2, 0) is 0 Å². The summed E-state index contributed by atoms with van der Waals surface area (Å²) in [5, 5.41) is 9.99. The number of rotatable bonds is 4. The van der Waals surface area contributed by atoms with Crippen LogP contribution in [0.25, 0.3) is 10.8 Å². The van der Waals surface area contributed by atoms with Crippen molar-refractivity contribution in [2.45, 2.75) is 20.8 Å². The van der Waals surface area contributed by atoms with Crippen LogP contribution in [0.3, 0.4) is 0 Å². The maximum Gasteiger partial charge on any atom is 0.152 e. The zero-order valence-electron chi connectivity index (χ0n) is 17.9. The fraction of sp³-hybridized carbons (Fsp3) is 0.154. The molecular formula is C26H24N4S2. The molecule has 0 radical (unpaired) electrons. The lowest BCUT2D eigenvalue weighted by atomic mass is 10.1. The Bertz CT molecular complexity index is 1210. The van der Waals surface area contributed by atoms with Gasteiger partial charge in [0, 0.05) is 46.0 Å². The van der Waals surface area contributed by atoms with Crippen LogP contribution in [-0.4, -0.2) is 25.1 Å². The molecule has 4 aromatic carbocycles. The van der Waals surface area contributed by atoms with Gasteiger partial charge in [0.25, 0.3) is 0 Å². The molecule has 6 rings (SSSR count). The van der Waals surface area contributed by atoms with Crippen molar-refractivity contribution >= 4 is 57.0 Å². The van der Waals surface area contributed by atoms with Crippen LogP contribution in [0.2, 0.25) is 0 Å². The van der Waals surface area contributed by atoms with Crippen LogP contribution in [0, 0.1) is 0 Å². The summed E-state index contributed by atoms with van der Waals surface area (Å²) >= 11 is 3.72. The van der Waals surface area contributed by atoms with Gasteiger partial charge in [-0.3, -0.25) is 0 Å². The predicted molar refractivity (Wildman–Crippen MR) is 140 cm³/mol. The lowest BCUT2D eigenvalue weighted by Crippen LogP contribution is -2.32. The highest BCUT2D eigenvalue weighted by Crippen LogP contribution is 2.45. The topological polar surface area (TPSA) is 30.5 Å². The van der Waals surface area contributed by atoms with Crippen molar-refractivity contribution < 1.29 is 0 Å². The van der Waals surface area contributed by atoms with Crippen molar-refractivity contribution in [2.24, 2.45) is 0 Å². The van der Waals surface area contributed by atoms with E-state index in [0.717, 1.165) is 11.4 Å². The van der Waals surface area contributed by atoms with E-state index in [9.17, 15) is 0 Å².